The van der Waals surface area contributed by atoms with Crippen LogP contribution in [-0.2, 0) is 4.79 Å². The first-order chi connectivity index (χ1) is 15.1. The minimum absolute atomic E-state index is 0.0734. The van der Waals surface area contributed by atoms with E-state index in [1.165, 1.54) is 6.92 Å². The molecule has 156 valence electrons. The van der Waals surface area contributed by atoms with E-state index < -0.39 is 12.2 Å². The molecule has 0 aliphatic carbocycles. The van der Waals surface area contributed by atoms with Crippen LogP contribution in [0.15, 0.2) is 77.9 Å². The lowest BCUT2D eigenvalue weighted by Crippen LogP contribution is -2.33. The van der Waals surface area contributed by atoms with Gasteiger partial charge >= 0.3 is 5.97 Å². The monoisotopic (exact) mass is 414 g/mol. The molecule has 6 nitrogen and oxygen atoms in total. The lowest BCUT2D eigenvalue weighted by Gasteiger charge is -2.38. The number of carbonyl (C=O) groups excluding carboxylic acids is 1. The second-order valence-electron chi connectivity index (χ2n) is 7.52. The fraction of sp³-hybridized carbons (Fsp3) is 0.200. The highest BCUT2D eigenvalue weighted by atomic mass is 16.6. The van der Waals surface area contributed by atoms with Gasteiger partial charge in [-0.15, -0.1) is 0 Å². The second kappa shape index (κ2) is 7.80. The highest BCUT2D eigenvalue weighted by Gasteiger charge is 2.41. The Labute approximate surface area is 180 Å². The molecule has 2 aliphatic rings. The number of methoxy groups -OCH3 is 1. The molecular weight excluding hydrogens is 392 g/mol. The molecule has 0 N–H and O–H groups in total. The van der Waals surface area contributed by atoms with E-state index in [1.54, 1.807) is 13.2 Å². The summed E-state index contributed by atoms with van der Waals surface area (Å²) in [6.07, 6.45) is 0.366. The molecule has 3 aromatic carbocycles. The zero-order valence-corrected chi connectivity index (χ0v) is 17.3. The van der Waals surface area contributed by atoms with Crippen molar-refractivity contribution in [2.45, 2.75) is 25.6 Å². The van der Waals surface area contributed by atoms with E-state index in [2.05, 4.69) is 18.2 Å². The molecular formula is C25H22N2O4. The van der Waals surface area contributed by atoms with Crippen molar-refractivity contribution in [3.05, 3.63) is 89.5 Å². The highest BCUT2D eigenvalue weighted by Crippen LogP contribution is 2.48. The fourth-order valence-corrected chi connectivity index (χ4v) is 4.14. The van der Waals surface area contributed by atoms with Crippen LogP contribution in [0.4, 0.5) is 0 Å². The third kappa shape index (κ3) is 3.50. The highest BCUT2D eigenvalue weighted by molar-refractivity contribution is 6.01. The predicted octanol–water partition coefficient (Wildman–Crippen LogP) is 4.86. The summed E-state index contributed by atoms with van der Waals surface area (Å²) in [5, 5.41) is 6.98. The lowest BCUT2D eigenvalue weighted by molar-refractivity contribution is -0.132. The van der Waals surface area contributed by atoms with Gasteiger partial charge < -0.3 is 14.2 Å². The first-order valence-electron chi connectivity index (χ1n) is 10.2. The Hall–Kier alpha value is -3.80. The molecule has 0 amide bonds. The fourth-order valence-electron chi connectivity index (χ4n) is 4.14. The maximum absolute atomic E-state index is 11.4. The summed E-state index contributed by atoms with van der Waals surface area (Å²) in [6.45, 7) is 1.36. The molecule has 6 heteroatoms. The number of para-hydroxylation sites is 1. The quantitative estimate of drug-likeness (QED) is 0.451. The van der Waals surface area contributed by atoms with Gasteiger partial charge in [-0.1, -0.05) is 48.5 Å². The van der Waals surface area contributed by atoms with Gasteiger partial charge in [-0.25, -0.2) is 5.01 Å². The van der Waals surface area contributed by atoms with Crippen molar-refractivity contribution in [1.82, 2.24) is 5.01 Å². The zero-order chi connectivity index (χ0) is 21.4. The largest absolute Gasteiger partial charge is 0.493 e. The molecule has 0 aromatic heterocycles. The van der Waals surface area contributed by atoms with Gasteiger partial charge in [-0.05, 0) is 29.8 Å². The number of hydrogen-bond acceptors (Lipinski definition) is 6. The van der Waals surface area contributed by atoms with E-state index in [-0.39, 0.29) is 6.04 Å². The van der Waals surface area contributed by atoms with Crippen LogP contribution in [0.25, 0.3) is 0 Å². The standard InChI is InChI=1S/C25H22N2O4/c1-16(28)30-23-13-12-18(14-24(23)29-2)25-27-21(19-10-6-7-11-22(19)31-25)15-20(26-27)17-8-4-3-5-9-17/h3-14,21,25H,15H2,1-2H3/t21-,25+/m1/s1. The average Bonchev–Trinajstić information content (AvgIpc) is 3.25. The van der Waals surface area contributed by atoms with Gasteiger partial charge in [-0.3, -0.25) is 4.79 Å². The molecule has 2 atom stereocenters. The van der Waals surface area contributed by atoms with Gasteiger partial charge in [0.05, 0.1) is 18.9 Å². The summed E-state index contributed by atoms with van der Waals surface area (Å²) in [5.74, 6) is 1.30. The minimum Gasteiger partial charge on any atom is -0.493 e. The van der Waals surface area contributed by atoms with Crippen molar-refractivity contribution in [2.75, 3.05) is 7.11 Å². The van der Waals surface area contributed by atoms with E-state index in [0.717, 1.165) is 34.6 Å². The zero-order valence-electron chi connectivity index (χ0n) is 17.3. The van der Waals surface area contributed by atoms with Crippen molar-refractivity contribution < 1.29 is 19.0 Å². The summed E-state index contributed by atoms with van der Waals surface area (Å²) in [5.41, 5.74) is 4.12. The Morgan fingerprint density at radius 3 is 2.58 bits per heavy atom. The van der Waals surface area contributed by atoms with Crippen molar-refractivity contribution in [1.29, 1.82) is 0 Å². The van der Waals surface area contributed by atoms with E-state index in [1.807, 2.05) is 53.5 Å². The van der Waals surface area contributed by atoms with Crippen LogP contribution in [0, 0.1) is 0 Å². The molecule has 0 radical (unpaired) electrons. The van der Waals surface area contributed by atoms with Gasteiger partial charge in [0.2, 0.25) is 6.23 Å². The Bertz CT molecular complexity index is 1160. The molecule has 0 bridgehead atoms. The van der Waals surface area contributed by atoms with Crippen LogP contribution in [0.1, 0.15) is 42.3 Å². The predicted molar refractivity (Wildman–Crippen MR) is 116 cm³/mol. The van der Waals surface area contributed by atoms with Gasteiger partial charge in [0.25, 0.3) is 0 Å². The SMILES string of the molecule is COc1cc([C@@H]2Oc3ccccc3[C@H]3CC(c4ccccc4)=NN32)ccc1OC(C)=O. The van der Waals surface area contributed by atoms with Crippen LogP contribution in [0.2, 0.25) is 0 Å². The Morgan fingerprint density at radius 1 is 1.03 bits per heavy atom. The smallest absolute Gasteiger partial charge is 0.308 e. The molecule has 0 spiro atoms. The molecule has 0 fully saturated rings. The van der Waals surface area contributed by atoms with Crippen molar-refractivity contribution in [2.24, 2.45) is 5.10 Å². The molecule has 2 heterocycles. The molecule has 5 rings (SSSR count). The Kier molecular flexibility index (Phi) is 4.82. The third-order valence-corrected chi connectivity index (χ3v) is 5.53. The number of ether oxygens (including phenoxy) is 3. The summed E-state index contributed by atoms with van der Waals surface area (Å²) in [6, 6.07) is 23.8. The molecule has 3 aromatic rings. The first-order valence-corrected chi connectivity index (χ1v) is 10.2. The van der Waals surface area contributed by atoms with Crippen molar-refractivity contribution >= 4 is 11.7 Å². The third-order valence-electron chi connectivity index (χ3n) is 5.53. The number of hydrogen-bond donors (Lipinski definition) is 0. The van der Waals surface area contributed by atoms with E-state index >= 15 is 0 Å². The summed E-state index contributed by atoms with van der Waals surface area (Å²) >= 11 is 0. The van der Waals surface area contributed by atoms with Gasteiger partial charge in [0.15, 0.2) is 11.5 Å². The van der Waals surface area contributed by atoms with Crippen LogP contribution >= 0.6 is 0 Å². The Balaban J connectivity index is 1.57. The van der Waals surface area contributed by atoms with Crippen LogP contribution in [0.3, 0.4) is 0 Å². The topological polar surface area (TPSA) is 60.4 Å². The number of carbonyl (C=O) groups is 1. The number of rotatable bonds is 4. The molecule has 0 saturated carbocycles. The summed E-state index contributed by atoms with van der Waals surface area (Å²) < 4.78 is 17.1. The van der Waals surface area contributed by atoms with E-state index in [9.17, 15) is 4.79 Å². The van der Waals surface area contributed by atoms with Gasteiger partial charge in [0, 0.05) is 24.5 Å². The molecule has 31 heavy (non-hydrogen) atoms. The lowest BCUT2D eigenvalue weighted by atomic mass is 9.96. The molecule has 0 saturated heterocycles. The summed E-state index contributed by atoms with van der Waals surface area (Å²) in [4.78, 5) is 11.4. The van der Waals surface area contributed by atoms with E-state index in [4.69, 9.17) is 19.3 Å². The van der Waals surface area contributed by atoms with Gasteiger partial charge in [-0.2, -0.15) is 5.10 Å². The minimum atomic E-state index is -0.429. The number of nitrogens with zero attached hydrogens (tertiary/aromatic N) is 2. The molecule has 0 unspecified atom stereocenters. The maximum atomic E-state index is 11.4. The number of hydrazone groups is 1. The maximum Gasteiger partial charge on any atom is 0.308 e. The van der Waals surface area contributed by atoms with Crippen molar-refractivity contribution in [3.8, 4) is 17.2 Å². The van der Waals surface area contributed by atoms with Gasteiger partial charge in [0.1, 0.15) is 5.75 Å². The first kappa shape index (κ1) is 19.2. The normalized spacial score (nSPS) is 19.0. The number of fused-ring (bicyclic) bond motifs is 3. The average molecular weight is 414 g/mol. The second-order valence-corrected chi connectivity index (χ2v) is 7.52. The van der Waals surface area contributed by atoms with Crippen molar-refractivity contribution in [3.63, 3.8) is 0 Å². The Morgan fingerprint density at radius 2 is 1.81 bits per heavy atom. The summed E-state index contributed by atoms with van der Waals surface area (Å²) in [7, 11) is 1.55. The van der Waals surface area contributed by atoms with E-state index in [0.29, 0.717) is 11.5 Å². The number of benzene rings is 3. The number of esters is 1. The van der Waals surface area contributed by atoms with Crippen LogP contribution < -0.4 is 14.2 Å². The van der Waals surface area contributed by atoms with Crippen LogP contribution in [0.5, 0.6) is 17.2 Å². The van der Waals surface area contributed by atoms with Crippen LogP contribution in [-0.4, -0.2) is 23.8 Å². The molecule has 2 aliphatic heterocycles.